The van der Waals surface area contributed by atoms with Crippen LogP contribution in [0.3, 0.4) is 0 Å². The Labute approximate surface area is 157 Å². The first-order chi connectivity index (χ1) is 13.2. The number of hydrogen-bond donors (Lipinski definition) is 0. The van der Waals surface area contributed by atoms with Crippen LogP contribution < -0.4 is 4.74 Å². The van der Waals surface area contributed by atoms with Gasteiger partial charge in [-0.1, -0.05) is 24.3 Å². The predicted octanol–water partition coefficient (Wildman–Crippen LogP) is 3.45. The molecule has 0 saturated carbocycles. The molecule has 1 amide bonds. The van der Waals surface area contributed by atoms with Gasteiger partial charge in [0.1, 0.15) is 6.04 Å². The minimum Gasteiger partial charge on any atom is -0.475 e. The Balaban J connectivity index is 1.79. The molecule has 0 aromatic heterocycles. The van der Waals surface area contributed by atoms with Crippen LogP contribution in [0.5, 0.6) is 5.75 Å². The smallest absolute Gasteiger partial charge is 0.266 e. The molecule has 0 N–H and O–H groups in total. The summed E-state index contributed by atoms with van der Waals surface area (Å²) in [5, 5.41) is 8.98. The van der Waals surface area contributed by atoms with Crippen molar-refractivity contribution in [3.63, 3.8) is 0 Å². The molecule has 1 aliphatic heterocycles. The molecule has 0 radical (unpaired) electrons. The zero-order valence-electron chi connectivity index (χ0n) is 15.1. The van der Waals surface area contributed by atoms with Crippen LogP contribution in [0.15, 0.2) is 48.5 Å². The van der Waals surface area contributed by atoms with E-state index >= 15 is 0 Å². The second-order valence-corrected chi connectivity index (χ2v) is 6.38. The lowest BCUT2D eigenvalue weighted by molar-refractivity contribution is -0.164. The van der Waals surface area contributed by atoms with Crippen molar-refractivity contribution in [1.29, 1.82) is 5.26 Å². The second-order valence-electron chi connectivity index (χ2n) is 6.38. The number of carbonyl (C=O) groups is 1. The number of nitrogens with zero attached hydrogens (tertiary/aromatic N) is 2. The Hall–Kier alpha value is -2.91. The SMILES string of the molecule is COCCCCN1C(=O)[C@H](Oc2ccccc2F)[C@@H]1c1ccc(C#N)cc1. The fraction of sp³-hybridized carbons (Fsp3) is 0.333. The molecule has 2 aromatic rings. The zero-order valence-corrected chi connectivity index (χ0v) is 15.1. The van der Waals surface area contributed by atoms with Crippen LogP contribution in [0.1, 0.15) is 30.0 Å². The van der Waals surface area contributed by atoms with E-state index in [0.717, 1.165) is 18.4 Å². The zero-order chi connectivity index (χ0) is 19.2. The second kappa shape index (κ2) is 8.65. The molecule has 1 saturated heterocycles. The van der Waals surface area contributed by atoms with Crippen LogP contribution >= 0.6 is 0 Å². The fourth-order valence-corrected chi connectivity index (χ4v) is 3.20. The number of halogens is 1. The summed E-state index contributed by atoms with van der Waals surface area (Å²) in [5.74, 6) is -0.596. The van der Waals surface area contributed by atoms with E-state index in [-0.39, 0.29) is 17.7 Å². The van der Waals surface area contributed by atoms with Gasteiger partial charge in [0.15, 0.2) is 11.6 Å². The summed E-state index contributed by atoms with van der Waals surface area (Å²) in [7, 11) is 1.65. The Morgan fingerprint density at radius 2 is 1.89 bits per heavy atom. The third kappa shape index (κ3) is 4.09. The summed E-state index contributed by atoms with van der Waals surface area (Å²) in [6.07, 6.45) is 0.870. The molecule has 27 heavy (non-hydrogen) atoms. The van der Waals surface area contributed by atoms with E-state index in [1.54, 1.807) is 36.3 Å². The monoisotopic (exact) mass is 368 g/mol. The van der Waals surface area contributed by atoms with E-state index in [9.17, 15) is 9.18 Å². The molecule has 1 fully saturated rings. The van der Waals surface area contributed by atoms with E-state index in [4.69, 9.17) is 14.7 Å². The number of likely N-dealkylation sites (tertiary alicyclic amines) is 1. The quantitative estimate of drug-likeness (QED) is 0.529. The number of unbranched alkanes of at least 4 members (excludes halogenated alkanes) is 1. The fourth-order valence-electron chi connectivity index (χ4n) is 3.20. The average molecular weight is 368 g/mol. The van der Waals surface area contributed by atoms with Crippen molar-refractivity contribution in [3.05, 3.63) is 65.5 Å². The molecule has 0 aliphatic carbocycles. The summed E-state index contributed by atoms with van der Waals surface area (Å²) in [5.41, 5.74) is 1.41. The molecular weight excluding hydrogens is 347 g/mol. The molecule has 3 rings (SSSR count). The van der Waals surface area contributed by atoms with Crippen LogP contribution in [0.25, 0.3) is 0 Å². The van der Waals surface area contributed by atoms with E-state index < -0.39 is 11.9 Å². The van der Waals surface area contributed by atoms with Crippen LogP contribution in [-0.4, -0.2) is 37.2 Å². The highest BCUT2D eigenvalue weighted by Crippen LogP contribution is 2.38. The number of ether oxygens (including phenoxy) is 2. The summed E-state index contributed by atoms with van der Waals surface area (Å²) < 4.78 is 24.7. The van der Waals surface area contributed by atoms with Crippen molar-refractivity contribution in [3.8, 4) is 11.8 Å². The number of nitriles is 1. The molecule has 2 aromatic carbocycles. The van der Waals surface area contributed by atoms with Gasteiger partial charge in [0.2, 0.25) is 6.10 Å². The molecule has 2 atom stereocenters. The predicted molar refractivity (Wildman–Crippen MR) is 97.5 cm³/mol. The summed E-state index contributed by atoms with van der Waals surface area (Å²) in [6.45, 7) is 1.21. The Kier molecular flexibility index (Phi) is 6.05. The van der Waals surface area contributed by atoms with Crippen molar-refractivity contribution in [2.24, 2.45) is 0 Å². The van der Waals surface area contributed by atoms with Gasteiger partial charge in [-0.15, -0.1) is 0 Å². The lowest BCUT2D eigenvalue weighted by Crippen LogP contribution is -2.61. The largest absolute Gasteiger partial charge is 0.475 e. The van der Waals surface area contributed by atoms with Crippen LogP contribution in [0, 0.1) is 17.1 Å². The highest BCUT2D eigenvalue weighted by molar-refractivity contribution is 5.89. The van der Waals surface area contributed by atoms with E-state index in [0.29, 0.717) is 18.7 Å². The maximum absolute atomic E-state index is 14.0. The van der Waals surface area contributed by atoms with Gasteiger partial charge in [-0.25, -0.2) is 4.39 Å². The first-order valence-corrected chi connectivity index (χ1v) is 8.86. The average Bonchev–Trinajstić information content (AvgIpc) is 2.70. The maximum Gasteiger partial charge on any atom is 0.266 e. The minimum atomic E-state index is -0.780. The van der Waals surface area contributed by atoms with E-state index in [2.05, 4.69) is 6.07 Å². The number of carbonyl (C=O) groups excluding carboxylic acids is 1. The van der Waals surface area contributed by atoms with Crippen LogP contribution in [0.4, 0.5) is 4.39 Å². The number of para-hydroxylation sites is 1. The summed E-state index contributed by atoms with van der Waals surface area (Å²) >= 11 is 0. The lowest BCUT2D eigenvalue weighted by Gasteiger charge is -2.47. The first-order valence-electron chi connectivity index (χ1n) is 8.86. The Bertz CT molecular complexity index is 832. The number of hydrogen-bond acceptors (Lipinski definition) is 4. The molecule has 5 nitrogen and oxygen atoms in total. The van der Waals surface area contributed by atoms with Gasteiger partial charge in [-0.05, 0) is 42.7 Å². The number of amides is 1. The maximum atomic E-state index is 14.0. The molecular formula is C21H21FN2O3. The van der Waals surface area contributed by atoms with Crippen LogP contribution in [-0.2, 0) is 9.53 Å². The lowest BCUT2D eigenvalue weighted by atomic mass is 9.89. The van der Waals surface area contributed by atoms with Crippen molar-refractivity contribution < 1.29 is 18.7 Å². The highest BCUT2D eigenvalue weighted by atomic mass is 19.1. The number of rotatable bonds is 8. The highest BCUT2D eigenvalue weighted by Gasteiger charge is 2.49. The third-order valence-electron chi connectivity index (χ3n) is 4.62. The third-order valence-corrected chi connectivity index (χ3v) is 4.62. The molecule has 0 spiro atoms. The minimum absolute atomic E-state index is 0.0635. The van der Waals surface area contributed by atoms with Crippen molar-refractivity contribution in [2.45, 2.75) is 25.0 Å². The molecule has 6 heteroatoms. The Morgan fingerprint density at radius 1 is 1.15 bits per heavy atom. The topological polar surface area (TPSA) is 62.6 Å². The molecule has 0 bridgehead atoms. The van der Waals surface area contributed by atoms with E-state index in [1.165, 1.54) is 12.1 Å². The van der Waals surface area contributed by atoms with Gasteiger partial charge in [0.25, 0.3) is 5.91 Å². The summed E-state index contributed by atoms with van der Waals surface area (Å²) in [6, 6.07) is 14.9. The standard InChI is InChI=1S/C21H21FN2O3/c1-26-13-5-4-12-24-19(16-10-8-15(14-23)9-11-16)20(21(24)25)27-18-7-3-2-6-17(18)22/h2-3,6-11,19-20H,4-5,12-13H2,1H3/t19-,20+/m0/s1. The molecule has 1 heterocycles. The first kappa shape index (κ1) is 18.9. The molecule has 140 valence electrons. The van der Waals surface area contributed by atoms with Gasteiger partial charge in [-0.2, -0.15) is 5.26 Å². The number of β-lactam (4-membered cyclic amide) rings is 1. The molecule has 1 aliphatic rings. The van der Waals surface area contributed by atoms with Crippen molar-refractivity contribution >= 4 is 5.91 Å². The van der Waals surface area contributed by atoms with Gasteiger partial charge in [-0.3, -0.25) is 4.79 Å². The van der Waals surface area contributed by atoms with Crippen molar-refractivity contribution in [2.75, 3.05) is 20.3 Å². The van der Waals surface area contributed by atoms with Gasteiger partial charge in [0, 0.05) is 20.3 Å². The van der Waals surface area contributed by atoms with Crippen molar-refractivity contribution in [1.82, 2.24) is 4.90 Å². The summed E-state index contributed by atoms with van der Waals surface area (Å²) in [4.78, 5) is 14.4. The number of benzene rings is 2. The Morgan fingerprint density at radius 3 is 2.56 bits per heavy atom. The number of methoxy groups -OCH3 is 1. The normalized spacial score (nSPS) is 18.7. The van der Waals surface area contributed by atoms with Gasteiger partial charge in [0.05, 0.1) is 11.6 Å². The molecule has 0 unspecified atom stereocenters. The van der Waals surface area contributed by atoms with Crippen LogP contribution in [0.2, 0.25) is 0 Å². The van der Waals surface area contributed by atoms with Gasteiger partial charge >= 0.3 is 0 Å². The van der Waals surface area contributed by atoms with Gasteiger partial charge < -0.3 is 14.4 Å². The van der Waals surface area contributed by atoms with E-state index in [1.807, 2.05) is 12.1 Å².